The summed E-state index contributed by atoms with van der Waals surface area (Å²) in [6, 6.07) is 21.0. The van der Waals surface area contributed by atoms with E-state index in [1.165, 1.54) is 10.4 Å². The average molecular weight is 367 g/mol. The van der Waals surface area contributed by atoms with Crippen LogP contribution in [0.25, 0.3) is 0 Å². The van der Waals surface area contributed by atoms with Gasteiger partial charge in [0.2, 0.25) is 0 Å². The molecule has 0 radical (unpaired) electrons. The molecule has 1 atom stereocenters. The van der Waals surface area contributed by atoms with Gasteiger partial charge in [-0.1, -0.05) is 107 Å². The zero-order valence-corrected chi connectivity index (χ0v) is 17.5. The second-order valence-electron chi connectivity index (χ2n) is 7.96. The number of benzene rings is 2. The third-order valence-corrected chi connectivity index (χ3v) is 9.64. The third kappa shape index (κ3) is 4.45. The average Bonchev–Trinajstić information content (AvgIpc) is 2.62. The fourth-order valence-corrected chi connectivity index (χ4v) is 7.66. The molecule has 0 fully saturated rings. The highest BCUT2D eigenvalue weighted by Gasteiger charge is 2.49. The number of hydrogen-bond donors (Lipinski definition) is 1. The lowest BCUT2D eigenvalue weighted by atomic mass is 10.1. The summed E-state index contributed by atoms with van der Waals surface area (Å²) in [6.07, 6.45) is -0.613. The van der Waals surface area contributed by atoms with Gasteiger partial charge in [0.15, 0.2) is 0 Å². The molecule has 0 aliphatic heterocycles. The molecule has 2 nitrogen and oxygen atoms in total. The van der Waals surface area contributed by atoms with E-state index in [-0.39, 0.29) is 11.0 Å². The van der Waals surface area contributed by atoms with Crippen molar-refractivity contribution in [2.75, 3.05) is 6.61 Å². The van der Waals surface area contributed by atoms with Crippen molar-refractivity contribution >= 4 is 18.7 Å². The largest absolute Gasteiger partial charge is 0.396 e. The van der Waals surface area contributed by atoms with E-state index in [1.54, 1.807) is 0 Å². The first-order chi connectivity index (χ1) is 12.3. The van der Waals surface area contributed by atoms with Crippen LogP contribution < -0.4 is 10.4 Å². The Hall–Kier alpha value is -1.86. The van der Waals surface area contributed by atoms with Crippen LogP contribution in [0.3, 0.4) is 0 Å². The standard InChI is InChI=1S/C23H30O2Si/c1-19(2)22(24)17-12-18-25-26(23(3,4)5,20-13-8-6-9-14-20)21-15-10-7-11-16-21/h6-11,13-16,19,22,24H,18H2,1-5H3/t22-/m0/s1. The Morgan fingerprint density at radius 1 is 0.923 bits per heavy atom. The van der Waals surface area contributed by atoms with Crippen molar-refractivity contribution in [1.29, 1.82) is 0 Å². The minimum atomic E-state index is -2.53. The zero-order chi connectivity index (χ0) is 19.2. The van der Waals surface area contributed by atoms with Gasteiger partial charge in [-0.2, -0.15) is 0 Å². The van der Waals surface area contributed by atoms with E-state index in [4.69, 9.17) is 4.43 Å². The van der Waals surface area contributed by atoms with Crippen molar-refractivity contribution in [3.63, 3.8) is 0 Å². The van der Waals surface area contributed by atoms with Gasteiger partial charge in [0.25, 0.3) is 8.32 Å². The minimum absolute atomic E-state index is 0.0615. The van der Waals surface area contributed by atoms with Crippen LogP contribution in [0.2, 0.25) is 5.04 Å². The summed E-state index contributed by atoms with van der Waals surface area (Å²) in [7, 11) is -2.53. The van der Waals surface area contributed by atoms with Crippen molar-refractivity contribution in [1.82, 2.24) is 0 Å². The molecule has 0 unspecified atom stereocenters. The van der Waals surface area contributed by atoms with E-state index in [1.807, 2.05) is 26.0 Å². The lowest BCUT2D eigenvalue weighted by Crippen LogP contribution is -2.66. The molecule has 0 aromatic heterocycles. The van der Waals surface area contributed by atoms with Crippen LogP contribution in [-0.2, 0) is 4.43 Å². The molecule has 0 heterocycles. The van der Waals surface area contributed by atoms with Gasteiger partial charge >= 0.3 is 0 Å². The molecule has 2 rings (SSSR count). The van der Waals surface area contributed by atoms with Crippen molar-refractivity contribution in [2.24, 2.45) is 5.92 Å². The number of hydrogen-bond acceptors (Lipinski definition) is 2. The first-order valence-electron chi connectivity index (χ1n) is 9.20. The van der Waals surface area contributed by atoms with Crippen LogP contribution in [0.15, 0.2) is 60.7 Å². The Labute approximate surface area is 159 Å². The molecule has 0 bridgehead atoms. The van der Waals surface area contributed by atoms with Gasteiger partial charge in [-0.05, 0) is 21.3 Å². The molecule has 0 spiro atoms. The molecular weight excluding hydrogens is 336 g/mol. The highest BCUT2D eigenvalue weighted by Crippen LogP contribution is 2.36. The SMILES string of the molecule is CC(C)[C@@H](O)C#CCO[Si](c1ccccc1)(c1ccccc1)C(C)(C)C. The van der Waals surface area contributed by atoms with Crippen molar-refractivity contribution in [3.05, 3.63) is 60.7 Å². The molecule has 138 valence electrons. The maximum Gasteiger partial charge on any atom is 0.262 e. The maximum atomic E-state index is 9.93. The third-order valence-electron chi connectivity index (χ3n) is 4.66. The van der Waals surface area contributed by atoms with Gasteiger partial charge in [-0.3, -0.25) is 0 Å². The van der Waals surface area contributed by atoms with E-state index in [2.05, 4.69) is 81.1 Å². The monoisotopic (exact) mass is 366 g/mol. The van der Waals surface area contributed by atoms with Crippen LogP contribution in [0, 0.1) is 17.8 Å². The van der Waals surface area contributed by atoms with Gasteiger partial charge in [0.1, 0.15) is 6.10 Å². The molecule has 0 amide bonds. The number of rotatable bonds is 5. The molecule has 0 aliphatic carbocycles. The second kappa shape index (κ2) is 8.68. The van der Waals surface area contributed by atoms with Gasteiger partial charge in [-0.15, -0.1) is 0 Å². The summed E-state index contributed by atoms with van der Waals surface area (Å²) in [5, 5.41) is 12.4. The number of aliphatic hydroxyl groups excluding tert-OH is 1. The Morgan fingerprint density at radius 2 is 1.38 bits per heavy atom. The predicted octanol–water partition coefficient (Wildman–Crippen LogP) is 3.58. The molecule has 3 heteroatoms. The summed E-state index contributed by atoms with van der Waals surface area (Å²) in [6.45, 7) is 11.0. The van der Waals surface area contributed by atoms with E-state index >= 15 is 0 Å². The minimum Gasteiger partial charge on any atom is -0.396 e. The van der Waals surface area contributed by atoms with Crippen LogP contribution in [0.4, 0.5) is 0 Å². The normalized spacial score (nSPS) is 13.2. The van der Waals surface area contributed by atoms with Crippen molar-refractivity contribution in [3.8, 4) is 11.8 Å². The van der Waals surface area contributed by atoms with Crippen LogP contribution in [0.1, 0.15) is 34.6 Å². The predicted molar refractivity (Wildman–Crippen MR) is 112 cm³/mol. The first-order valence-corrected chi connectivity index (χ1v) is 11.1. The van der Waals surface area contributed by atoms with E-state index < -0.39 is 14.4 Å². The molecule has 0 aliphatic rings. The molecule has 1 N–H and O–H groups in total. The fourth-order valence-electron chi connectivity index (χ4n) is 3.22. The summed E-state index contributed by atoms with van der Waals surface area (Å²) in [5.41, 5.74) is 0. The summed E-state index contributed by atoms with van der Waals surface area (Å²) >= 11 is 0. The maximum absolute atomic E-state index is 9.93. The molecular formula is C23H30O2Si. The van der Waals surface area contributed by atoms with Gasteiger partial charge in [0, 0.05) is 0 Å². The Kier molecular flexibility index (Phi) is 6.83. The van der Waals surface area contributed by atoms with Crippen LogP contribution in [-0.4, -0.2) is 26.1 Å². The van der Waals surface area contributed by atoms with Crippen LogP contribution in [0.5, 0.6) is 0 Å². The Bertz CT molecular complexity index is 697. The van der Waals surface area contributed by atoms with E-state index in [0.29, 0.717) is 6.61 Å². The van der Waals surface area contributed by atoms with E-state index in [0.717, 1.165) is 0 Å². The number of aliphatic hydroxyl groups is 1. The summed E-state index contributed by atoms with van der Waals surface area (Å²) in [5.74, 6) is 6.08. The van der Waals surface area contributed by atoms with Gasteiger partial charge in [-0.25, -0.2) is 0 Å². The molecule has 2 aromatic rings. The van der Waals surface area contributed by atoms with Crippen LogP contribution >= 0.6 is 0 Å². The lowest BCUT2D eigenvalue weighted by Gasteiger charge is -2.42. The fraction of sp³-hybridized carbons (Fsp3) is 0.391. The first kappa shape index (κ1) is 20.4. The lowest BCUT2D eigenvalue weighted by molar-refractivity contribution is 0.181. The van der Waals surface area contributed by atoms with Gasteiger partial charge in [0.05, 0.1) is 6.61 Å². The highest BCUT2D eigenvalue weighted by atomic mass is 28.4. The molecule has 0 saturated heterocycles. The summed E-state index contributed by atoms with van der Waals surface area (Å²) in [4.78, 5) is 0. The topological polar surface area (TPSA) is 29.5 Å². The Morgan fingerprint density at radius 3 is 1.77 bits per heavy atom. The van der Waals surface area contributed by atoms with Crippen molar-refractivity contribution < 1.29 is 9.53 Å². The molecule has 26 heavy (non-hydrogen) atoms. The quantitative estimate of drug-likeness (QED) is 0.647. The zero-order valence-electron chi connectivity index (χ0n) is 16.5. The van der Waals surface area contributed by atoms with E-state index in [9.17, 15) is 5.11 Å². The smallest absolute Gasteiger partial charge is 0.262 e. The Balaban J connectivity index is 2.47. The van der Waals surface area contributed by atoms with Gasteiger partial charge < -0.3 is 9.53 Å². The molecule has 2 aromatic carbocycles. The summed E-state index contributed by atoms with van der Waals surface area (Å²) < 4.78 is 6.65. The van der Waals surface area contributed by atoms with Crippen molar-refractivity contribution in [2.45, 2.75) is 45.8 Å². The highest BCUT2D eigenvalue weighted by molar-refractivity contribution is 6.99. The second-order valence-corrected chi connectivity index (χ2v) is 12.3. The molecule has 0 saturated carbocycles.